The van der Waals surface area contributed by atoms with Crippen LogP contribution in [0, 0.1) is 0 Å². The van der Waals surface area contributed by atoms with Gasteiger partial charge in [0.25, 0.3) is 5.91 Å². The van der Waals surface area contributed by atoms with Crippen LogP contribution in [0.1, 0.15) is 5.56 Å². The summed E-state index contributed by atoms with van der Waals surface area (Å²) in [5, 5.41) is 3.32. The van der Waals surface area contributed by atoms with Crippen LogP contribution in [0.3, 0.4) is 0 Å². The van der Waals surface area contributed by atoms with E-state index in [0.717, 1.165) is 5.56 Å². The fourth-order valence-corrected chi connectivity index (χ4v) is 1.86. The lowest BCUT2D eigenvalue weighted by Gasteiger charge is -2.08. The first-order valence-electron chi connectivity index (χ1n) is 6.14. The Kier molecular flexibility index (Phi) is 4.98. The van der Waals surface area contributed by atoms with Crippen LogP contribution < -0.4 is 15.8 Å². The molecule has 20 heavy (non-hydrogen) atoms. The first kappa shape index (κ1) is 14.4. The van der Waals surface area contributed by atoms with Crippen molar-refractivity contribution >= 4 is 23.2 Å². The molecule has 2 rings (SSSR count). The second-order valence-corrected chi connectivity index (χ2v) is 4.64. The smallest absolute Gasteiger partial charge is 0.262 e. The van der Waals surface area contributed by atoms with E-state index in [2.05, 4.69) is 5.32 Å². The van der Waals surface area contributed by atoms with Crippen LogP contribution in [0.2, 0.25) is 5.02 Å². The average molecular weight is 291 g/mol. The van der Waals surface area contributed by atoms with E-state index in [-0.39, 0.29) is 12.5 Å². The van der Waals surface area contributed by atoms with Gasteiger partial charge in [-0.25, -0.2) is 0 Å². The van der Waals surface area contributed by atoms with E-state index in [0.29, 0.717) is 23.0 Å². The molecule has 0 fully saturated rings. The molecule has 0 bridgehead atoms. The number of hydrogen-bond donors (Lipinski definition) is 2. The Bertz CT molecular complexity index is 602. The number of benzene rings is 2. The zero-order chi connectivity index (χ0) is 14.4. The number of halogens is 1. The summed E-state index contributed by atoms with van der Waals surface area (Å²) >= 11 is 5.83. The predicted octanol–water partition coefficient (Wildman–Crippen LogP) is 2.82. The lowest BCUT2D eigenvalue weighted by atomic mass is 10.2. The van der Waals surface area contributed by atoms with Crippen molar-refractivity contribution in [1.82, 2.24) is 0 Å². The normalized spacial score (nSPS) is 10.1. The van der Waals surface area contributed by atoms with Crippen molar-refractivity contribution in [2.75, 3.05) is 11.9 Å². The summed E-state index contributed by atoms with van der Waals surface area (Å²) in [5.74, 6) is 0.322. The molecule has 5 heteroatoms. The molecule has 2 aromatic rings. The Morgan fingerprint density at radius 3 is 2.75 bits per heavy atom. The zero-order valence-corrected chi connectivity index (χ0v) is 11.6. The van der Waals surface area contributed by atoms with E-state index < -0.39 is 0 Å². The van der Waals surface area contributed by atoms with Gasteiger partial charge in [-0.3, -0.25) is 4.79 Å². The molecule has 4 nitrogen and oxygen atoms in total. The molecule has 0 saturated carbocycles. The Balaban J connectivity index is 1.89. The van der Waals surface area contributed by atoms with E-state index in [1.165, 1.54) is 0 Å². The standard InChI is InChI=1S/C15H15ClN2O2/c16-12-4-2-6-14(8-12)20-10-15(19)18-13-5-1-3-11(7-13)9-17/h1-8H,9-10,17H2,(H,18,19). The zero-order valence-electron chi connectivity index (χ0n) is 10.8. The van der Waals surface area contributed by atoms with Gasteiger partial charge in [0.15, 0.2) is 6.61 Å². The third kappa shape index (κ3) is 4.26. The molecule has 0 spiro atoms. The number of ether oxygens (including phenoxy) is 1. The fourth-order valence-electron chi connectivity index (χ4n) is 1.68. The monoisotopic (exact) mass is 290 g/mol. The summed E-state index contributed by atoms with van der Waals surface area (Å²) in [6.45, 7) is 0.357. The van der Waals surface area contributed by atoms with Crippen molar-refractivity contribution < 1.29 is 9.53 Å². The topological polar surface area (TPSA) is 64.3 Å². The van der Waals surface area contributed by atoms with E-state index in [1.807, 2.05) is 18.2 Å². The lowest BCUT2D eigenvalue weighted by molar-refractivity contribution is -0.118. The van der Waals surface area contributed by atoms with Crippen molar-refractivity contribution in [1.29, 1.82) is 0 Å². The third-order valence-electron chi connectivity index (χ3n) is 2.61. The summed E-state index contributed by atoms with van der Waals surface area (Å²) in [7, 11) is 0. The third-order valence-corrected chi connectivity index (χ3v) is 2.85. The highest BCUT2D eigenvalue weighted by atomic mass is 35.5. The molecule has 0 heterocycles. The van der Waals surface area contributed by atoms with Gasteiger partial charge in [0.1, 0.15) is 5.75 Å². The van der Waals surface area contributed by atoms with Crippen LogP contribution in [0.5, 0.6) is 5.75 Å². The van der Waals surface area contributed by atoms with Crippen LogP contribution in [0.4, 0.5) is 5.69 Å². The Hall–Kier alpha value is -2.04. The van der Waals surface area contributed by atoms with E-state index in [9.17, 15) is 4.79 Å². The predicted molar refractivity (Wildman–Crippen MR) is 79.9 cm³/mol. The summed E-state index contributed by atoms with van der Waals surface area (Å²) in [6, 6.07) is 14.3. The molecule has 0 atom stereocenters. The number of rotatable bonds is 5. The summed E-state index contributed by atoms with van der Waals surface area (Å²) in [5.41, 5.74) is 7.21. The van der Waals surface area contributed by atoms with Gasteiger partial charge < -0.3 is 15.8 Å². The molecule has 0 aromatic heterocycles. The molecule has 104 valence electrons. The highest BCUT2D eigenvalue weighted by molar-refractivity contribution is 6.30. The molecular formula is C15H15ClN2O2. The van der Waals surface area contributed by atoms with Gasteiger partial charge in [0.05, 0.1) is 0 Å². The molecule has 2 aromatic carbocycles. The molecule has 0 aliphatic rings. The van der Waals surface area contributed by atoms with Crippen molar-refractivity contribution in [3.05, 3.63) is 59.1 Å². The average Bonchev–Trinajstić information content (AvgIpc) is 2.45. The largest absolute Gasteiger partial charge is 0.484 e. The van der Waals surface area contributed by atoms with E-state index in [4.69, 9.17) is 22.1 Å². The minimum absolute atomic E-state index is 0.0762. The maximum absolute atomic E-state index is 11.8. The Labute approximate surface area is 122 Å². The van der Waals surface area contributed by atoms with Crippen LogP contribution in [0.25, 0.3) is 0 Å². The number of anilines is 1. The molecule has 1 amide bonds. The van der Waals surface area contributed by atoms with Crippen molar-refractivity contribution in [3.8, 4) is 5.75 Å². The van der Waals surface area contributed by atoms with Gasteiger partial charge in [-0.1, -0.05) is 29.8 Å². The fraction of sp³-hybridized carbons (Fsp3) is 0.133. The summed E-state index contributed by atoms with van der Waals surface area (Å²) in [4.78, 5) is 11.8. The van der Waals surface area contributed by atoms with E-state index >= 15 is 0 Å². The van der Waals surface area contributed by atoms with Crippen LogP contribution in [-0.2, 0) is 11.3 Å². The molecule has 0 aliphatic heterocycles. The Morgan fingerprint density at radius 2 is 2.00 bits per heavy atom. The quantitative estimate of drug-likeness (QED) is 0.890. The highest BCUT2D eigenvalue weighted by Gasteiger charge is 2.04. The SMILES string of the molecule is NCc1cccc(NC(=O)COc2cccc(Cl)c2)c1. The molecule has 0 radical (unpaired) electrons. The first-order valence-corrected chi connectivity index (χ1v) is 6.52. The Morgan fingerprint density at radius 1 is 1.20 bits per heavy atom. The highest BCUT2D eigenvalue weighted by Crippen LogP contribution is 2.17. The second kappa shape index (κ2) is 6.93. The number of amides is 1. The maximum Gasteiger partial charge on any atom is 0.262 e. The van der Waals surface area contributed by atoms with Crippen LogP contribution >= 0.6 is 11.6 Å². The molecule has 0 saturated heterocycles. The van der Waals surface area contributed by atoms with E-state index in [1.54, 1.807) is 30.3 Å². The molecule has 3 N–H and O–H groups in total. The lowest BCUT2D eigenvalue weighted by Crippen LogP contribution is -2.20. The molecular weight excluding hydrogens is 276 g/mol. The summed E-state index contributed by atoms with van der Waals surface area (Å²) < 4.78 is 5.36. The van der Waals surface area contributed by atoms with Crippen LogP contribution in [0.15, 0.2) is 48.5 Å². The minimum atomic E-state index is -0.237. The number of nitrogens with one attached hydrogen (secondary N) is 1. The van der Waals surface area contributed by atoms with Gasteiger partial charge in [0, 0.05) is 17.3 Å². The number of carbonyl (C=O) groups is 1. The van der Waals surface area contributed by atoms with Gasteiger partial charge in [-0.15, -0.1) is 0 Å². The second-order valence-electron chi connectivity index (χ2n) is 4.20. The summed E-state index contributed by atoms with van der Waals surface area (Å²) in [6.07, 6.45) is 0. The number of nitrogens with two attached hydrogens (primary N) is 1. The van der Waals surface area contributed by atoms with Gasteiger partial charge in [-0.2, -0.15) is 0 Å². The van der Waals surface area contributed by atoms with Crippen LogP contribution in [-0.4, -0.2) is 12.5 Å². The van der Waals surface area contributed by atoms with Gasteiger partial charge >= 0.3 is 0 Å². The molecule has 0 aliphatic carbocycles. The van der Waals surface area contributed by atoms with Crippen molar-refractivity contribution in [2.45, 2.75) is 6.54 Å². The first-order chi connectivity index (χ1) is 9.67. The van der Waals surface area contributed by atoms with Gasteiger partial charge in [0.2, 0.25) is 0 Å². The maximum atomic E-state index is 11.8. The van der Waals surface area contributed by atoms with Crippen molar-refractivity contribution in [2.24, 2.45) is 5.73 Å². The van der Waals surface area contributed by atoms with Crippen molar-refractivity contribution in [3.63, 3.8) is 0 Å². The number of hydrogen-bond acceptors (Lipinski definition) is 3. The molecule has 0 unspecified atom stereocenters. The number of carbonyl (C=O) groups excluding carboxylic acids is 1. The van der Waals surface area contributed by atoms with Gasteiger partial charge in [-0.05, 0) is 35.9 Å². The minimum Gasteiger partial charge on any atom is -0.484 e.